The highest BCUT2D eigenvalue weighted by Gasteiger charge is 2.17. The normalized spacial score (nSPS) is 11.6. The van der Waals surface area contributed by atoms with E-state index in [4.69, 9.17) is 32.7 Å². The molecule has 0 bridgehead atoms. The molecule has 0 fully saturated rings. The molecule has 0 spiro atoms. The van der Waals surface area contributed by atoms with Gasteiger partial charge in [0.25, 0.3) is 5.91 Å². The molecule has 1 unspecified atom stereocenters. The minimum Gasteiger partial charge on any atom is -0.481 e. The maximum atomic E-state index is 12.4. The predicted molar refractivity (Wildman–Crippen MR) is 107 cm³/mol. The van der Waals surface area contributed by atoms with Gasteiger partial charge in [-0.15, -0.1) is 0 Å². The average Bonchev–Trinajstić information content (AvgIpc) is 2.59. The summed E-state index contributed by atoms with van der Waals surface area (Å²) >= 11 is 12.3. The number of anilines is 1. The van der Waals surface area contributed by atoms with Crippen molar-refractivity contribution in [3.63, 3.8) is 0 Å². The molecular formula is C20H21Cl2NO4. The van der Waals surface area contributed by atoms with Gasteiger partial charge in [0.1, 0.15) is 5.75 Å². The van der Waals surface area contributed by atoms with E-state index >= 15 is 0 Å². The van der Waals surface area contributed by atoms with Gasteiger partial charge in [-0.2, -0.15) is 0 Å². The van der Waals surface area contributed by atoms with Crippen LogP contribution < -0.4 is 10.1 Å². The lowest BCUT2D eigenvalue weighted by Crippen LogP contribution is -2.30. The van der Waals surface area contributed by atoms with E-state index < -0.39 is 12.1 Å². The van der Waals surface area contributed by atoms with Crippen molar-refractivity contribution in [1.82, 2.24) is 0 Å². The lowest BCUT2D eigenvalue weighted by Gasteiger charge is -2.16. The summed E-state index contributed by atoms with van der Waals surface area (Å²) in [5.41, 5.74) is 2.45. The van der Waals surface area contributed by atoms with Crippen LogP contribution >= 0.6 is 23.2 Å². The molecule has 0 aliphatic carbocycles. The Morgan fingerprint density at radius 3 is 2.30 bits per heavy atom. The van der Waals surface area contributed by atoms with E-state index in [1.807, 2.05) is 13.8 Å². The van der Waals surface area contributed by atoms with Crippen LogP contribution in [0, 0.1) is 13.8 Å². The van der Waals surface area contributed by atoms with Crippen molar-refractivity contribution < 1.29 is 19.1 Å². The summed E-state index contributed by atoms with van der Waals surface area (Å²) < 4.78 is 10.6. The zero-order valence-corrected chi connectivity index (χ0v) is 17.1. The quantitative estimate of drug-likeness (QED) is 0.666. The van der Waals surface area contributed by atoms with Crippen molar-refractivity contribution in [3.05, 3.63) is 57.1 Å². The Bertz CT molecular complexity index is 844. The van der Waals surface area contributed by atoms with E-state index in [0.717, 1.165) is 11.1 Å². The summed E-state index contributed by atoms with van der Waals surface area (Å²) in [4.78, 5) is 24.2. The molecule has 0 heterocycles. The first kappa shape index (κ1) is 21.1. The topological polar surface area (TPSA) is 64.6 Å². The minimum atomic E-state index is -0.742. The highest BCUT2D eigenvalue weighted by atomic mass is 35.5. The van der Waals surface area contributed by atoms with Crippen LogP contribution in [0.15, 0.2) is 30.3 Å². The van der Waals surface area contributed by atoms with Gasteiger partial charge < -0.3 is 14.8 Å². The second kappa shape index (κ2) is 9.11. The number of benzene rings is 2. The molecule has 0 aliphatic rings. The summed E-state index contributed by atoms with van der Waals surface area (Å²) in [5, 5.41) is 3.59. The maximum absolute atomic E-state index is 12.4. The number of rotatable bonds is 6. The van der Waals surface area contributed by atoms with Gasteiger partial charge in [-0.3, -0.25) is 4.79 Å². The number of esters is 1. The molecule has 2 aromatic rings. The van der Waals surface area contributed by atoms with Crippen molar-refractivity contribution in [2.24, 2.45) is 0 Å². The van der Waals surface area contributed by atoms with Crippen LogP contribution in [0.4, 0.5) is 5.69 Å². The number of nitrogens with one attached hydrogen (secondary N) is 1. The average molecular weight is 410 g/mol. The van der Waals surface area contributed by atoms with Crippen LogP contribution in [0.3, 0.4) is 0 Å². The Balaban J connectivity index is 2.06. The van der Waals surface area contributed by atoms with E-state index in [-0.39, 0.29) is 23.1 Å². The van der Waals surface area contributed by atoms with E-state index in [1.165, 1.54) is 12.1 Å². The fourth-order valence-electron chi connectivity index (χ4n) is 2.44. The van der Waals surface area contributed by atoms with Gasteiger partial charge in [0, 0.05) is 10.7 Å². The van der Waals surface area contributed by atoms with Crippen molar-refractivity contribution >= 4 is 40.8 Å². The second-order valence-electron chi connectivity index (χ2n) is 6.04. The van der Waals surface area contributed by atoms with Gasteiger partial charge in [-0.05, 0) is 69.2 Å². The number of hydrogen-bond acceptors (Lipinski definition) is 4. The van der Waals surface area contributed by atoms with E-state index in [9.17, 15) is 9.59 Å². The van der Waals surface area contributed by atoms with E-state index in [0.29, 0.717) is 16.5 Å². The van der Waals surface area contributed by atoms with Crippen molar-refractivity contribution in [2.45, 2.75) is 33.8 Å². The molecule has 0 aromatic heterocycles. The molecule has 0 saturated heterocycles. The van der Waals surface area contributed by atoms with Crippen molar-refractivity contribution in [3.8, 4) is 5.75 Å². The molecule has 1 N–H and O–H groups in total. The fourth-order valence-corrected chi connectivity index (χ4v) is 2.81. The van der Waals surface area contributed by atoms with Crippen LogP contribution in [0.5, 0.6) is 5.75 Å². The summed E-state index contributed by atoms with van der Waals surface area (Å²) in [7, 11) is 0. The Morgan fingerprint density at radius 1 is 1.11 bits per heavy atom. The monoisotopic (exact) mass is 409 g/mol. The maximum Gasteiger partial charge on any atom is 0.339 e. The van der Waals surface area contributed by atoms with E-state index in [2.05, 4.69) is 5.32 Å². The van der Waals surface area contributed by atoms with Gasteiger partial charge in [-0.25, -0.2) is 4.79 Å². The zero-order valence-electron chi connectivity index (χ0n) is 15.6. The molecule has 5 nitrogen and oxygen atoms in total. The summed E-state index contributed by atoms with van der Waals surface area (Å²) in [6.07, 6.45) is -0.742. The number of amides is 1. The first-order valence-corrected chi connectivity index (χ1v) is 9.19. The molecule has 1 amide bonds. The Hall–Kier alpha value is -2.24. The molecule has 144 valence electrons. The number of aryl methyl sites for hydroxylation is 2. The summed E-state index contributed by atoms with van der Waals surface area (Å²) in [5.74, 6) is -0.293. The van der Waals surface area contributed by atoms with Crippen molar-refractivity contribution in [2.75, 3.05) is 11.9 Å². The first-order chi connectivity index (χ1) is 12.7. The fraction of sp³-hybridized carbons (Fsp3) is 0.300. The highest BCUT2D eigenvalue weighted by molar-refractivity contribution is 6.34. The molecule has 2 rings (SSSR count). The number of halogens is 2. The number of carbonyl (C=O) groups is 2. The third-order valence-corrected chi connectivity index (χ3v) is 4.73. The lowest BCUT2D eigenvalue weighted by molar-refractivity contribution is -0.122. The molecule has 0 aliphatic heterocycles. The summed E-state index contributed by atoms with van der Waals surface area (Å²) in [6, 6.07) is 8.15. The Labute approximate surface area is 168 Å². The van der Waals surface area contributed by atoms with Crippen LogP contribution in [0.2, 0.25) is 10.0 Å². The predicted octanol–water partition coefficient (Wildman–Crippen LogP) is 5.19. The van der Waals surface area contributed by atoms with Gasteiger partial charge in [0.2, 0.25) is 0 Å². The smallest absolute Gasteiger partial charge is 0.339 e. The minimum absolute atomic E-state index is 0.198. The van der Waals surface area contributed by atoms with E-state index in [1.54, 1.807) is 32.0 Å². The Kier molecular flexibility index (Phi) is 7.11. The van der Waals surface area contributed by atoms with Crippen molar-refractivity contribution in [1.29, 1.82) is 0 Å². The van der Waals surface area contributed by atoms with Crippen LogP contribution in [0.25, 0.3) is 0 Å². The van der Waals surface area contributed by atoms with Crippen LogP contribution in [-0.2, 0) is 9.53 Å². The Morgan fingerprint density at radius 2 is 1.74 bits per heavy atom. The standard InChI is InChI=1S/C20H21Cl2NO4/c1-5-26-20(25)16-7-6-14(10-17(16)21)23-19(24)13(4)27-15-8-11(2)18(22)12(3)9-15/h6-10,13H,5H2,1-4H3,(H,23,24). The molecule has 0 radical (unpaired) electrons. The zero-order chi connectivity index (χ0) is 20.1. The molecule has 0 saturated carbocycles. The third-order valence-electron chi connectivity index (χ3n) is 3.82. The van der Waals surface area contributed by atoms with Gasteiger partial charge in [0.05, 0.1) is 17.2 Å². The SMILES string of the molecule is CCOC(=O)c1ccc(NC(=O)C(C)Oc2cc(C)c(Cl)c(C)c2)cc1Cl. The lowest BCUT2D eigenvalue weighted by atomic mass is 10.1. The van der Waals surface area contributed by atoms with Gasteiger partial charge in [0.15, 0.2) is 6.10 Å². The number of hydrogen-bond donors (Lipinski definition) is 1. The molecule has 1 atom stereocenters. The number of carbonyl (C=O) groups excluding carboxylic acids is 2. The summed E-state index contributed by atoms with van der Waals surface area (Å²) in [6.45, 7) is 7.36. The number of ether oxygens (including phenoxy) is 2. The molecular weight excluding hydrogens is 389 g/mol. The molecule has 7 heteroatoms. The largest absolute Gasteiger partial charge is 0.481 e. The third kappa shape index (κ3) is 5.37. The molecule has 27 heavy (non-hydrogen) atoms. The van der Waals surface area contributed by atoms with Gasteiger partial charge >= 0.3 is 5.97 Å². The second-order valence-corrected chi connectivity index (χ2v) is 6.82. The highest BCUT2D eigenvalue weighted by Crippen LogP contribution is 2.27. The van der Waals surface area contributed by atoms with Gasteiger partial charge in [-0.1, -0.05) is 23.2 Å². The van der Waals surface area contributed by atoms with Crippen LogP contribution in [-0.4, -0.2) is 24.6 Å². The first-order valence-electron chi connectivity index (χ1n) is 8.43. The van der Waals surface area contributed by atoms with Crippen LogP contribution in [0.1, 0.15) is 35.3 Å². The molecule has 2 aromatic carbocycles.